The van der Waals surface area contributed by atoms with Gasteiger partial charge in [-0.2, -0.15) is 0 Å². The number of rotatable bonds is 6. The zero-order valence-electron chi connectivity index (χ0n) is 9.90. The summed E-state index contributed by atoms with van der Waals surface area (Å²) in [5.41, 5.74) is 0. The smallest absolute Gasteiger partial charge is 0.258 e. The van der Waals surface area contributed by atoms with Crippen LogP contribution in [0.2, 0.25) is 0 Å². The third kappa shape index (κ3) is 5.70. The summed E-state index contributed by atoms with van der Waals surface area (Å²) in [6.07, 6.45) is 0. The highest BCUT2D eigenvalue weighted by Gasteiger charge is 2.07. The minimum atomic E-state index is -0.158. The molecule has 0 spiro atoms. The summed E-state index contributed by atoms with van der Waals surface area (Å²) in [4.78, 5) is 11.5. The van der Waals surface area contributed by atoms with Crippen molar-refractivity contribution in [3.05, 3.63) is 28.7 Å². The van der Waals surface area contributed by atoms with Crippen molar-refractivity contribution in [2.24, 2.45) is 0 Å². The molecule has 0 radical (unpaired) electrons. The molecule has 0 heterocycles. The number of carbonyl (C=O) groups is 1. The number of ether oxygens (including phenoxy) is 2. The van der Waals surface area contributed by atoms with E-state index in [0.29, 0.717) is 12.4 Å². The first-order valence-corrected chi connectivity index (χ1v) is 6.08. The minimum absolute atomic E-state index is 0.00447. The van der Waals surface area contributed by atoms with Crippen molar-refractivity contribution in [2.75, 3.05) is 20.3 Å². The molecule has 0 fully saturated rings. The predicted molar refractivity (Wildman–Crippen MR) is 69.1 cm³/mol. The average molecular weight is 302 g/mol. The quantitative estimate of drug-likeness (QED) is 0.874. The fourth-order valence-electron chi connectivity index (χ4n) is 1.31. The minimum Gasteiger partial charge on any atom is -0.484 e. The van der Waals surface area contributed by atoms with Crippen LogP contribution < -0.4 is 10.1 Å². The van der Waals surface area contributed by atoms with Gasteiger partial charge in [0.15, 0.2) is 6.61 Å². The summed E-state index contributed by atoms with van der Waals surface area (Å²) in [5.74, 6) is 0.503. The van der Waals surface area contributed by atoms with Crippen LogP contribution in [0.25, 0.3) is 0 Å². The second-order valence-corrected chi connectivity index (χ2v) is 4.59. The summed E-state index contributed by atoms with van der Waals surface area (Å²) in [5, 5.41) is 2.77. The fraction of sp³-hybridized carbons (Fsp3) is 0.417. The molecule has 0 aromatic heterocycles. The summed E-state index contributed by atoms with van der Waals surface area (Å²) >= 11 is 3.33. The van der Waals surface area contributed by atoms with E-state index >= 15 is 0 Å². The van der Waals surface area contributed by atoms with Gasteiger partial charge in [0.05, 0.1) is 6.61 Å². The Balaban J connectivity index is 2.33. The fourth-order valence-corrected chi connectivity index (χ4v) is 1.69. The molecular weight excluding hydrogens is 286 g/mol. The number of amides is 1. The Kier molecular flexibility index (Phi) is 6.00. The van der Waals surface area contributed by atoms with E-state index in [2.05, 4.69) is 21.2 Å². The monoisotopic (exact) mass is 301 g/mol. The van der Waals surface area contributed by atoms with E-state index in [1.807, 2.05) is 25.1 Å². The van der Waals surface area contributed by atoms with Gasteiger partial charge in [0.1, 0.15) is 5.75 Å². The molecule has 0 saturated carbocycles. The Bertz CT molecular complexity index is 371. The zero-order valence-corrected chi connectivity index (χ0v) is 11.5. The molecule has 1 N–H and O–H groups in total. The third-order valence-electron chi connectivity index (χ3n) is 1.99. The van der Waals surface area contributed by atoms with Gasteiger partial charge in [-0.3, -0.25) is 4.79 Å². The number of halogens is 1. The molecule has 0 aliphatic heterocycles. The van der Waals surface area contributed by atoms with Gasteiger partial charge in [0.25, 0.3) is 5.91 Å². The number of methoxy groups -OCH3 is 1. The van der Waals surface area contributed by atoms with Crippen molar-refractivity contribution in [1.29, 1.82) is 0 Å². The van der Waals surface area contributed by atoms with E-state index in [1.165, 1.54) is 0 Å². The highest BCUT2D eigenvalue weighted by atomic mass is 79.9. The Labute approximate surface area is 109 Å². The van der Waals surface area contributed by atoms with Crippen LogP contribution in [0.1, 0.15) is 6.92 Å². The van der Waals surface area contributed by atoms with E-state index < -0.39 is 0 Å². The van der Waals surface area contributed by atoms with Crippen LogP contribution in [0.15, 0.2) is 28.7 Å². The highest BCUT2D eigenvalue weighted by Crippen LogP contribution is 2.17. The molecule has 1 atom stereocenters. The van der Waals surface area contributed by atoms with Gasteiger partial charge in [-0.25, -0.2) is 0 Å². The number of hydrogen-bond acceptors (Lipinski definition) is 3. The molecule has 1 amide bonds. The molecular formula is C12H16BrNO3. The number of nitrogens with one attached hydrogen (secondary N) is 1. The van der Waals surface area contributed by atoms with Gasteiger partial charge < -0.3 is 14.8 Å². The van der Waals surface area contributed by atoms with Crippen molar-refractivity contribution < 1.29 is 14.3 Å². The van der Waals surface area contributed by atoms with Crippen LogP contribution in [0.4, 0.5) is 0 Å². The molecule has 0 aliphatic rings. The van der Waals surface area contributed by atoms with E-state index in [-0.39, 0.29) is 18.6 Å². The third-order valence-corrected chi connectivity index (χ3v) is 2.48. The molecule has 1 aromatic carbocycles. The van der Waals surface area contributed by atoms with Crippen LogP contribution in [-0.2, 0) is 9.53 Å². The number of carbonyl (C=O) groups excluding carboxylic acids is 1. The Hall–Kier alpha value is -1.07. The van der Waals surface area contributed by atoms with E-state index in [0.717, 1.165) is 4.47 Å². The van der Waals surface area contributed by atoms with Crippen molar-refractivity contribution >= 4 is 21.8 Å². The van der Waals surface area contributed by atoms with Gasteiger partial charge in [-0.15, -0.1) is 0 Å². The SMILES string of the molecule is COC[C@@H](C)NC(=O)COc1cccc(Br)c1. The van der Waals surface area contributed by atoms with Crippen LogP contribution in [-0.4, -0.2) is 32.3 Å². The van der Waals surface area contributed by atoms with Crippen LogP contribution in [0, 0.1) is 0 Å². The maximum atomic E-state index is 11.5. The largest absolute Gasteiger partial charge is 0.484 e. The lowest BCUT2D eigenvalue weighted by molar-refractivity contribution is -0.124. The second kappa shape index (κ2) is 7.29. The van der Waals surface area contributed by atoms with E-state index in [4.69, 9.17) is 9.47 Å². The average Bonchev–Trinajstić information content (AvgIpc) is 2.27. The number of hydrogen-bond donors (Lipinski definition) is 1. The molecule has 4 nitrogen and oxygen atoms in total. The normalized spacial score (nSPS) is 11.9. The van der Waals surface area contributed by atoms with Gasteiger partial charge in [0.2, 0.25) is 0 Å². The standard InChI is InChI=1S/C12H16BrNO3/c1-9(7-16-2)14-12(15)8-17-11-5-3-4-10(13)6-11/h3-6,9H,7-8H2,1-2H3,(H,14,15)/t9-/m1/s1. The van der Waals surface area contributed by atoms with Gasteiger partial charge in [-0.05, 0) is 25.1 Å². The van der Waals surface area contributed by atoms with Crippen molar-refractivity contribution in [1.82, 2.24) is 5.32 Å². The van der Waals surface area contributed by atoms with Gasteiger partial charge in [-0.1, -0.05) is 22.0 Å². The summed E-state index contributed by atoms with van der Waals surface area (Å²) in [6, 6.07) is 7.35. The van der Waals surface area contributed by atoms with Gasteiger partial charge >= 0.3 is 0 Å². The van der Waals surface area contributed by atoms with Crippen molar-refractivity contribution in [3.8, 4) is 5.75 Å². The molecule has 0 aliphatic carbocycles. The van der Waals surface area contributed by atoms with Crippen LogP contribution in [0.5, 0.6) is 5.75 Å². The molecule has 1 rings (SSSR count). The van der Waals surface area contributed by atoms with Crippen LogP contribution >= 0.6 is 15.9 Å². The number of benzene rings is 1. The molecule has 17 heavy (non-hydrogen) atoms. The highest BCUT2D eigenvalue weighted by molar-refractivity contribution is 9.10. The summed E-state index contributed by atoms with van der Waals surface area (Å²) in [7, 11) is 1.60. The van der Waals surface area contributed by atoms with E-state index in [1.54, 1.807) is 13.2 Å². The first-order chi connectivity index (χ1) is 8.11. The molecule has 5 heteroatoms. The summed E-state index contributed by atoms with van der Waals surface area (Å²) in [6.45, 7) is 2.37. The topological polar surface area (TPSA) is 47.6 Å². The lowest BCUT2D eigenvalue weighted by atomic mass is 10.3. The van der Waals surface area contributed by atoms with Crippen LogP contribution in [0.3, 0.4) is 0 Å². The maximum Gasteiger partial charge on any atom is 0.258 e. The first-order valence-electron chi connectivity index (χ1n) is 5.28. The lowest BCUT2D eigenvalue weighted by Crippen LogP contribution is -2.38. The Morgan fingerprint density at radius 3 is 2.94 bits per heavy atom. The van der Waals surface area contributed by atoms with Crippen molar-refractivity contribution in [2.45, 2.75) is 13.0 Å². The first kappa shape index (κ1) is 14.0. The lowest BCUT2D eigenvalue weighted by Gasteiger charge is -2.13. The maximum absolute atomic E-state index is 11.5. The predicted octanol–water partition coefficient (Wildman–Crippen LogP) is 1.98. The molecule has 0 saturated heterocycles. The molecule has 1 aromatic rings. The zero-order chi connectivity index (χ0) is 12.7. The molecule has 0 bridgehead atoms. The van der Waals surface area contributed by atoms with Crippen molar-refractivity contribution in [3.63, 3.8) is 0 Å². The van der Waals surface area contributed by atoms with E-state index in [9.17, 15) is 4.79 Å². The molecule has 0 unspecified atom stereocenters. The Morgan fingerprint density at radius 1 is 1.53 bits per heavy atom. The second-order valence-electron chi connectivity index (χ2n) is 3.67. The Morgan fingerprint density at radius 2 is 2.29 bits per heavy atom. The van der Waals surface area contributed by atoms with Gasteiger partial charge in [0, 0.05) is 17.6 Å². The molecule has 94 valence electrons. The summed E-state index contributed by atoms with van der Waals surface area (Å²) < 4.78 is 11.2.